The summed E-state index contributed by atoms with van der Waals surface area (Å²) >= 11 is 1.38. The van der Waals surface area contributed by atoms with Crippen LogP contribution in [0.1, 0.15) is 11.3 Å². The lowest BCUT2D eigenvalue weighted by molar-refractivity contribution is 0.122. The Kier molecular flexibility index (Phi) is 6.37. The Hall–Kier alpha value is -4.35. The molecule has 0 spiro atoms. The minimum atomic E-state index is -0.152. The molecule has 0 radical (unpaired) electrons. The second kappa shape index (κ2) is 10.3. The number of nitrogens with zero attached hydrogens (tertiary/aromatic N) is 5. The highest BCUT2D eigenvalue weighted by Crippen LogP contribution is 2.33. The van der Waals surface area contributed by atoms with Gasteiger partial charge in [0.1, 0.15) is 5.65 Å². The molecule has 5 aromatic rings. The monoisotopic (exact) mass is 555 g/mol. The molecule has 2 aliphatic heterocycles. The van der Waals surface area contributed by atoms with Gasteiger partial charge in [0.2, 0.25) is 6.79 Å². The van der Waals surface area contributed by atoms with Crippen LogP contribution in [-0.2, 0) is 17.0 Å². The second-order valence-corrected chi connectivity index (χ2v) is 10.5. The van der Waals surface area contributed by atoms with Crippen molar-refractivity contribution in [2.75, 3.05) is 38.0 Å². The molecule has 0 saturated carbocycles. The first-order valence-electron chi connectivity index (χ1n) is 13.0. The van der Waals surface area contributed by atoms with Crippen LogP contribution in [-0.4, -0.2) is 52.0 Å². The SMILES string of the molecule is O=c1c2cc(N3CCOCC3)ccc2nc(SCc2cc(=O)n3ccccc3n2)n1Cc1ccc2c(c1)OCO2. The summed E-state index contributed by atoms with van der Waals surface area (Å²) in [6.07, 6.45) is 1.70. The van der Waals surface area contributed by atoms with Gasteiger partial charge in [-0.25, -0.2) is 9.97 Å². The number of fused-ring (bicyclic) bond motifs is 3. The van der Waals surface area contributed by atoms with Crippen LogP contribution in [0.2, 0.25) is 0 Å². The van der Waals surface area contributed by atoms with Crippen LogP contribution in [0.3, 0.4) is 0 Å². The molecular formula is C29H25N5O5S. The third-order valence-electron chi connectivity index (χ3n) is 7.03. The van der Waals surface area contributed by atoms with E-state index in [1.165, 1.54) is 22.2 Å². The quantitative estimate of drug-likeness (QED) is 0.231. The zero-order chi connectivity index (χ0) is 27.1. The fraction of sp³-hybridized carbons (Fsp3) is 0.241. The molecule has 1 fully saturated rings. The van der Waals surface area contributed by atoms with Crippen LogP contribution in [0.4, 0.5) is 5.69 Å². The summed E-state index contributed by atoms with van der Waals surface area (Å²) in [7, 11) is 0. The van der Waals surface area contributed by atoms with Gasteiger partial charge < -0.3 is 19.1 Å². The maximum atomic E-state index is 14.0. The van der Waals surface area contributed by atoms with Crippen LogP contribution in [0.25, 0.3) is 16.6 Å². The first-order valence-corrected chi connectivity index (χ1v) is 14.0. The number of thioether (sulfide) groups is 1. The van der Waals surface area contributed by atoms with Crippen LogP contribution >= 0.6 is 11.8 Å². The van der Waals surface area contributed by atoms with Crippen molar-refractivity contribution >= 4 is 34.0 Å². The van der Waals surface area contributed by atoms with Crippen molar-refractivity contribution in [1.82, 2.24) is 18.9 Å². The van der Waals surface area contributed by atoms with Gasteiger partial charge in [0.25, 0.3) is 11.1 Å². The molecule has 0 N–H and O–H groups in total. The Labute approximate surface area is 232 Å². The molecule has 10 nitrogen and oxygen atoms in total. The van der Waals surface area contributed by atoms with Gasteiger partial charge in [-0.2, -0.15) is 0 Å². The first kappa shape index (κ1) is 24.7. The maximum absolute atomic E-state index is 14.0. The Morgan fingerprint density at radius 2 is 1.77 bits per heavy atom. The highest BCUT2D eigenvalue weighted by atomic mass is 32.2. The minimum Gasteiger partial charge on any atom is -0.454 e. The van der Waals surface area contributed by atoms with E-state index < -0.39 is 0 Å². The van der Waals surface area contributed by atoms with Gasteiger partial charge in [-0.1, -0.05) is 23.9 Å². The van der Waals surface area contributed by atoms with Gasteiger partial charge in [0.05, 0.1) is 36.4 Å². The zero-order valence-corrected chi connectivity index (χ0v) is 22.3. The Morgan fingerprint density at radius 1 is 0.900 bits per heavy atom. The molecule has 7 rings (SSSR count). The number of morpholine rings is 1. The number of hydrogen-bond acceptors (Lipinski definition) is 9. The van der Waals surface area contributed by atoms with Gasteiger partial charge >= 0.3 is 0 Å². The molecule has 0 bridgehead atoms. The molecule has 0 aliphatic carbocycles. The summed E-state index contributed by atoms with van der Waals surface area (Å²) in [4.78, 5) is 38.4. The number of hydrogen-bond donors (Lipinski definition) is 0. The molecule has 1 saturated heterocycles. The van der Waals surface area contributed by atoms with Crippen molar-refractivity contribution in [3.63, 3.8) is 0 Å². The molecule has 40 heavy (non-hydrogen) atoms. The molecule has 5 heterocycles. The van der Waals surface area contributed by atoms with Gasteiger partial charge in [-0.3, -0.25) is 18.6 Å². The molecule has 202 valence electrons. The third kappa shape index (κ3) is 4.67. The van der Waals surface area contributed by atoms with Gasteiger partial charge in [0.15, 0.2) is 16.7 Å². The molecule has 2 aliphatic rings. The lowest BCUT2D eigenvalue weighted by atomic mass is 10.1. The number of anilines is 1. The molecule has 0 amide bonds. The summed E-state index contributed by atoms with van der Waals surface area (Å²) in [6, 6.07) is 18.5. The van der Waals surface area contributed by atoms with Crippen molar-refractivity contribution in [2.24, 2.45) is 0 Å². The lowest BCUT2D eigenvalue weighted by Gasteiger charge is -2.29. The number of ether oxygens (including phenoxy) is 3. The highest BCUT2D eigenvalue weighted by molar-refractivity contribution is 7.98. The molecular weight excluding hydrogens is 530 g/mol. The van der Waals surface area contributed by atoms with E-state index in [1.807, 2.05) is 42.5 Å². The van der Waals surface area contributed by atoms with Gasteiger partial charge in [-0.15, -0.1) is 0 Å². The predicted molar refractivity (Wildman–Crippen MR) is 152 cm³/mol. The molecule has 3 aromatic heterocycles. The number of rotatable bonds is 6. The largest absolute Gasteiger partial charge is 0.454 e. The number of aromatic nitrogens is 4. The topological polar surface area (TPSA) is 100 Å². The minimum absolute atomic E-state index is 0.133. The smallest absolute Gasteiger partial charge is 0.262 e. The van der Waals surface area contributed by atoms with Crippen LogP contribution < -0.4 is 25.5 Å². The Morgan fingerprint density at radius 3 is 2.67 bits per heavy atom. The fourth-order valence-electron chi connectivity index (χ4n) is 4.99. The van der Waals surface area contributed by atoms with E-state index >= 15 is 0 Å². The summed E-state index contributed by atoms with van der Waals surface area (Å²) in [5.74, 6) is 1.72. The Bertz CT molecular complexity index is 1860. The summed E-state index contributed by atoms with van der Waals surface area (Å²) < 4.78 is 19.7. The van der Waals surface area contributed by atoms with E-state index in [0.717, 1.165) is 24.3 Å². The van der Waals surface area contributed by atoms with Crippen molar-refractivity contribution in [3.8, 4) is 11.5 Å². The van der Waals surface area contributed by atoms with E-state index in [4.69, 9.17) is 19.2 Å². The third-order valence-corrected chi connectivity index (χ3v) is 8.04. The molecule has 0 atom stereocenters. The fourth-order valence-corrected chi connectivity index (χ4v) is 5.88. The van der Waals surface area contributed by atoms with E-state index in [1.54, 1.807) is 22.9 Å². The molecule has 0 unspecified atom stereocenters. The first-order chi connectivity index (χ1) is 19.6. The average Bonchev–Trinajstić information content (AvgIpc) is 3.46. The summed E-state index contributed by atoms with van der Waals surface area (Å²) in [5, 5.41) is 1.10. The van der Waals surface area contributed by atoms with E-state index in [0.29, 0.717) is 64.4 Å². The van der Waals surface area contributed by atoms with E-state index in [9.17, 15) is 9.59 Å². The van der Waals surface area contributed by atoms with Gasteiger partial charge in [0, 0.05) is 36.8 Å². The van der Waals surface area contributed by atoms with Crippen molar-refractivity contribution in [2.45, 2.75) is 17.5 Å². The van der Waals surface area contributed by atoms with Crippen LogP contribution in [0, 0.1) is 0 Å². The number of benzene rings is 2. The average molecular weight is 556 g/mol. The summed E-state index contributed by atoms with van der Waals surface area (Å²) in [5.41, 5.74) is 3.40. The molecule has 2 aromatic carbocycles. The van der Waals surface area contributed by atoms with Gasteiger partial charge in [-0.05, 0) is 48.0 Å². The van der Waals surface area contributed by atoms with Crippen molar-refractivity contribution in [1.29, 1.82) is 0 Å². The predicted octanol–water partition coefficient (Wildman–Crippen LogP) is 3.31. The highest BCUT2D eigenvalue weighted by Gasteiger charge is 2.18. The molecule has 11 heteroatoms. The maximum Gasteiger partial charge on any atom is 0.262 e. The normalized spacial score (nSPS) is 14.8. The van der Waals surface area contributed by atoms with Crippen LogP contribution in [0.5, 0.6) is 11.5 Å². The number of pyridine rings is 1. The second-order valence-electron chi connectivity index (χ2n) is 9.58. The standard InChI is InChI=1S/C29H25N5O5S/c35-27-14-20(30-26-3-1-2-8-33(26)27)17-40-29-31-23-6-5-21(32-9-11-37-12-10-32)15-22(23)28(36)34(29)16-19-4-7-24-25(13-19)39-18-38-24/h1-8,13-15H,9-12,16-18H2. The van der Waals surface area contributed by atoms with Crippen molar-refractivity contribution in [3.05, 3.63) is 98.8 Å². The Balaban J connectivity index is 1.28. The van der Waals surface area contributed by atoms with Crippen LogP contribution in [0.15, 0.2) is 81.6 Å². The zero-order valence-electron chi connectivity index (χ0n) is 21.5. The van der Waals surface area contributed by atoms with E-state index in [-0.39, 0.29) is 17.9 Å². The summed E-state index contributed by atoms with van der Waals surface area (Å²) in [6.45, 7) is 3.35. The van der Waals surface area contributed by atoms with Crippen molar-refractivity contribution < 1.29 is 14.2 Å². The van der Waals surface area contributed by atoms with E-state index in [2.05, 4.69) is 9.88 Å². The lowest BCUT2D eigenvalue weighted by Crippen LogP contribution is -2.36.